The van der Waals surface area contributed by atoms with E-state index in [0.717, 1.165) is 6.08 Å². The maximum Gasteiger partial charge on any atom is 0.328 e. The van der Waals surface area contributed by atoms with Gasteiger partial charge in [0.2, 0.25) is 5.91 Å². The number of nitrogens with one attached hydrogen (secondary N) is 1. The first kappa shape index (κ1) is 15.1. The Morgan fingerprint density at radius 2 is 2.29 bits per heavy atom. The van der Waals surface area contributed by atoms with Crippen molar-refractivity contribution in [3.8, 4) is 5.75 Å². The molecule has 1 aromatic rings. The number of hydrogen-bond acceptors (Lipinski definition) is 4. The number of ether oxygens (including phenoxy) is 2. The average Bonchev–Trinajstić information content (AvgIpc) is 2.99. The van der Waals surface area contributed by atoms with Crippen molar-refractivity contribution in [2.45, 2.75) is 6.42 Å². The molecule has 1 amide bonds. The van der Waals surface area contributed by atoms with Crippen LogP contribution in [0.1, 0.15) is 12.0 Å². The van der Waals surface area contributed by atoms with E-state index in [0.29, 0.717) is 36.6 Å². The Morgan fingerprint density at radius 3 is 2.90 bits per heavy atom. The molecular weight excluding hydrogens is 274 g/mol. The molecule has 6 heteroatoms. The van der Waals surface area contributed by atoms with Crippen LogP contribution in [0.4, 0.5) is 5.69 Å². The van der Waals surface area contributed by atoms with Crippen molar-refractivity contribution in [2.75, 3.05) is 25.6 Å². The Labute approximate surface area is 122 Å². The standard InChI is InChI=1S/C15H17NO5/c1-20-13-4-2-10(3-5-14(17)18)8-12(13)16-15(19)11-6-7-21-9-11/h2-5,8,11H,6-7,9H2,1H3,(H,16,19)(H,17,18). The monoisotopic (exact) mass is 291 g/mol. The number of carbonyl (C=O) groups excluding carboxylic acids is 1. The van der Waals surface area contributed by atoms with Crippen molar-refractivity contribution in [1.29, 1.82) is 0 Å². The number of anilines is 1. The summed E-state index contributed by atoms with van der Waals surface area (Å²) in [5, 5.41) is 11.4. The van der Waals surface area contributed by atoms with Crippen LogP contribution >= 0.6 is 0 Å². The van der Waals surface area contributed by atoms with Gasteiger partial charge in [0, 0.05) is 12.7 Å². The van der Waals surface area contributed by atoms with E-state index in [4.69, 9.17) is 14.6 Å². The van der Waals surface area contributed by atoms with E-state index in [-0.39, 0.29) is 11.8 Å². The second-order valence-electron chi connectivity index (χ2n) is 4.68. The molecule has 0 aromatic heterocycles. The summed E-state index contributed by atoms with van der Waals surface area (Å²) in [4.78, 5) is 22.6. The third-order valence-electron chi connectivity index (χ3n) is 3.20. The average molecular weight is 291 g/mol. The van der Waals surface area contributed by atoms with Crippen LogP contribution in [0.3, 0.4) is 0 Å². The zero-order valence-electron chi connectivity index (χ0n) is 11.7. The molecule has 1 aliphatic heterocycles. The van der Waals surface area contributed by atoms with Crippen LogP contribution in [0.5, 0.6) is 5.75 Å². The molecule has 1 atom stereocenters. The highest BCUT2D eigenvalue weighted by atomic mass is 16.5. The van der Waals surface area contributed by atoms with E-state index >= 15 is 0 Å². The molecular formula is C15H17NO5. The van der Waals surface area contributed by atoms with Crippen molar-refractivity contribution in [3.63, 3.8) is 0 Å². The van der Waals surface area contributed by atoms with Gasteiger partial charge in [-0.3, -0.25) is 4.79 Å². The fourth-order valence-electron chi connectivity index (χ4n) is 2.07. The molecule has 2 rings (SSSR count). The normalized spacial score (nSPS) is 17.9. The Balaban J connectivity index is 2.17. The van der Waals surface area contributed by atoms with Gasteiger partial charge in [-0.1, -0.05) is 6.07 Å². The summed E-state index contributed by atoms with van der Waals surface area (Å²) in [5.74, 6) is -0.785. The molecule has 1 unspecified atom stereocenters. The number of carboxylic acids is 1. The van der Waals surface area contributed by atoms with E-state index in [1.807, 2.05) is 0 Å². The minimum atomic E-state index is -1.03. The van der Waals surface area contributed by atoms with Gasteiger partial charge in [0.1, 0.15) is 5.75 Å². The maximum absolute atomic E-state index is 12.1. The molecule has 1 aliphatic rings. The number of carbonyl (C=O) groups is 2. The summed E-state index contributed by atoms with van der Waals surface area (Å²) in [7, 11) is 1.51. The molecule has 21 heavy (non-hydrogen) atoms. The highest BCUT2D eigenvalue weighted by molar-refractivity contribution is 5.95. The van der Waals surface area contributed by atoms with Crippen LogP contribution in [0.25, 0.3) is 6.08 Å². The van der Waals surface area contributed by atoms with Gasteiger partial charge in [-0.05, 0) is 30.2 Å². The number of aliphatic carboxylic acids is 1. The number of methoxy groups -OCH3 is 1. The smallest absolute Gasteiger partial charge is 0.328 e. The van der Waals surface area contributed by atoms with Crippen molar-refractivity contribution in [1.82, 2.24) is 0 Å². The largest absolute Gasteiger partial charge is 0.495 e. The molecule has 112 valence electrons. The Bertz CT molecular complexity index is 561. The molecule has 6 nitrogen and oxygen atoms in total. The van der Waals surface area contributed by atoms with Gasteiger partial charge in [0.25, 0.3) is 0 Å². The first-order valence-corrected chi connectivity index (χ1v) is 6.58. The van der Waals surface area contributed by atoms with Gasteiger partial charge >= 0.3 is 5.97 Å². The van der Waals surface area contributed by atoms with Crippen molar-refractivity contribution in [2.24, 2.45) is 5.92 Å². The minimum absolute atomic E-state index is 0.120. The summed E-state index contributed by atoms with van der Waals surface area (Å²) >= 11 is 0. The molecule has 1 saturated heterocycles. The molecule has 0 aliphatic carbocycles. The lowest BCUT2D eigenvalue weighted by Gasteiger charge is -2.13. The predicted octanol–water partition coefficient (Wildman–Crippen LogP) is 1.77. The van der Waals surface area contributed by atoms with E-state index < -0.39 is 5.97 Å². The highest BCUT2D eigenvalue weighted by Crippen LogP contribution is 2.27. The van der Waals surface area contributed by atoms with Crippen LogP contribution in [0, 0.1) is 5.92 Å². The lowest BCUT2D eigenvalue weighted by molar-refractivity contribution is -0.131. The molecule has 0 saturated carbocycles. The molecule has 1 heterocycles. The molecule has 0 spiro atoms. The van der Waals surface area contributed by atoms with E-state index in [1.165, 1.54) is 13.2 Å². The Kier molecular flexibility index (Phi) is 4.94. The summed E-state index contributed by atoms with van der Waals surface area (Å²) in [6.45, 7) is 1.02. The Morgan fingerprint density at radius 1 is 1.48 bits per heavy atom. The quantitative estimate of drug-likeness (QED) is 0.808. The molecule has 1 aromatic carbocycles. The molecule has 1 fully saturated rings. The van der Waals surface area contributed by atoms with Crippen LogP contribution in [-0.4, -0.2) is 37.3 Å². The minimum Gasteiger partial charge on any atom is -0.495 e. The molecule has 0 bridgehead atoms. The number of amides is 1. The van der Waals surface area contributed by atoms with Crippen LogP contribution < -0.4 is 10.1 Å². The van der Waals surface area contributed by atoms with E-state index in [2.05, 4.69) is 5.32 Å². The SMILES string of the molecule is COc1ccc(C=CC(=O)O)cc1NC(=O)C1CCOC1. The summed E-state index contributed by atoms with van der Waals surface area (Å²) in [6.07, 6.45) is 3.20. The van der Waals surface area contributed by atoms with Crippen LogP contribution in [0.2, 0.25) is 0 Å². The number of rotatable bonds is 5. The van der Waals surface area contributed by atoms with Gasteiger partial charge < -0.3 is 19.9 Å². The third kappa shape index (κ3) is 4.06. The molecule has 0 radical (unpaired) electrons. The zero-order chi connectivity index (χ0) is 15.2. The summed E-state index contributed by atoms with van der Waals surface area (Å²) in [6, 6.07) is 5.07. The van der Waals surface area contributed by atoms with Gasteiger partial charge in [-0.2, -0.15) is 0 Å². The zero-order valence-corrected chi connectivity index (χ0v) is 11.7. The lowest BCUT2D eigenvalue weighted by atomic mass is 10.1. The number of hydrogen-bond donors (Lipinski definition) is 2. The van der Waals surface area contributed by atoms with Gasteiger partial charge in [-0.15, -0.1) is 0 Å². The van der Waals surface area contributed by atoms with Crippen molar-refractivity contribution < 1.29 is 24.2 Å². The lowest BCUT2D eigenvalue weighted by Crippen LogP contribution is -2.23. The predicted molar refractivity (Wildman–Crippen MR) is 77.2 cm³/mol. The van der Waals surface area contributed by atoms with Crippen LogP contribution in [0.15, 0.2) is 24.3 Å². The van der Waals surface area contributed by atoms with Crippen LogP contribution in [-0.2, 0) is 14.3 Å². The second kappa shape index (κ2) is 6.90. The highest BCUT2D eigenvalue weighted by Gasteiger charge is 2.24. The first-order chi connectivity index (χ1) is 10.1. The molecule has 2 N–H and O–H groups in total. The Hall–Kier alpha value is -2.34. The fourth-order valence-corrected chi connectivity index (χ4v) is 2.07. The fraction of sp³-hybridized carbons (Fsp3) is 0.333. The van der Waals surface area contributed by atoms with Crippen molar-refractivity contribution in [3.05, 3.63) is 29.8 Å². The van der Waals surface area contributed by atoms with Gasteiger partial charge in [0.15, 0.2) is 0 Å². The number of carboxylic acid groups (broad SMARTS) is 1. The van der Waals surface area contributed by atoms with Crippen molar-refractivity contribution >= 4 is 23.6 Å². The van der Waals surface area contributed by atoms with E-state index in [9.17, 15) is 9.59 Å². The second-order valence-corrected chi connectivity index (χ2v) is 4.68. The first-order valence-electron chi connectivity index (χ1n) is 6.58. The third-order valence-corrected chi connectivity index (χ3v) is 3.20. The topological polar surface area (TPSA) is 84.9 Å². The van der Waals surface area contributed by atoms with E-state index in [1.54, 1.807) is 18.2 Å². The maximum atomic E-state index is 12.1. The van der Waals surface area contributed by atoms with Gasteiger partial charge in [0.05, 0.1) is 25.3 Å². The summed E-state index contributed by atoms with van der Waals surface area (Å²) in [5.41, 5.74) is 1.18. The number of benzene rings is 1. The van der Waals surface area contributed by atoms with Gasteiger partial charge in [-0.25, -0.2) is 4.79 Å². The summed E-state index contributed by atoms with van der Waals surface area (Å²) < 4.78 is 10.4.